The maximum atomic E-state index is 12.7. The molecule has 0 radical (unpaired) electrons. The Morgan fingerprint density at radius 2 is 1.67 bits per heavy atom. The molecule has 0 saturated carbocycles. The van der Waals surface area contributed by atoms with Gasteiger partial charge in [0, 0.05) is 17.5 Å². The van der Waals surface area contributed by atoms with Gasteiger partial charge in [-0.3, -0.25) is 4.79 Å². The number of benzene rings is 2. The number of anilines is 1. The Labute approximate surface area is 192 Å². The summed E-state index contributed by atoms with van der Waals surface area (Å²) in [4.78, 5) is 29.5. The number of nitrogens with zero attached hydrogens (tertiary/aromatic N) is 3. The summed E-state index contributed by atoms with van der Waals surface area (Å²) in [5, 5.41) is 8.56. The molecule has 0 bridgehead atoms. The summed E-state index contributed by atoms with van der Waals surface area (Å²) < 4.78 is 6.66. The molecule has 2 heterocycles. The molecule has 2 aromatic heterocycles. The zero-order valence-electron chi connectivity index (χ0n) is 19.2. The van der Waals surface area contributed by atoms with Gasteiger partial charge in [0.15, 0.2) is 5.65 Å². The van der Waals surface area contributed by atoms with Crippen LogP contribution in [0.15, 0.2) is 54.6 Å². The summed E-state index contributed by atoms with van der Waals surface area (Å²) in [5.41, 5.74) is 6.43. The highest BCUT2D eigenvalue weighted by Crippen LogP contribution is 2.28. The second-order valence-electron chi connectivity index (χ2n) is 7.92. The molecular formula is C26H26N4O3. The molecule has 0 aliphatic carbocycles. The number of para-hydroxylation sites is 2. The normalized spacial score (nSPS) is 10.9. The number of aromatic nitrogens is 3. The Kier molecular flexibility index (Phi) is 6.22. The monoisotopic (exact) mass is 442 g/mol. The zero-order valence-corrected chi connectivity index (χ0v) is 19.2. The molecule has 2 aromatic carbocycles. The molecule has 7 heteroatoms. The first-order chi connectivity index (χ1) is 15.9. The van der Waals surface area contributed by atoms with Gasteiger partial charge in [0.1, 0.15) is 0 Å². The van der Waals surface area contributed by atoms with Gasteiger partial charge in [0.2, 0.25) is 5.91 Å². The molecule has 1 N–H and O–H groups in total. The molecule has 0 atom stereocenters. The van der Waals surface area contributed by atoms with Gasteiger partial charge in [-0.1, -0.05) is 30.3 Å². The van der Waals surface area contributed by atoms with E-state index in [2.05, 4.69) is 12.2 Å². The number of hydrogen-bond acceptors (Lipinski definition) is 5. The second-order valence-corrected chi connectivity index (χ2v) is 7.92. The number of hydrogen-bond donors (Lipinski definition) is 1. The van der Waals surface area contributed by atoms with Crippen molar-refractivity contribution >= 4 is 28.6 Å². The number of ether oxygens (including phenoxy) is 1. The van der Waals surface area contributed by atoms with Crippen molar-refractivity contribution in [2.45, 2.75) is 33.6 Å². The predicted octanol–water partition coefficient (Wildman–Crippen LogP) is 4.70. The van der Waals surface area contributed by atoms with Crippen LogP contribution >= 0.6 is 0 Å². The molecule has 4 aromatic rings. The van der Waals surface area contributed by atoms with Crippen LogP contribution in [0.25, 0.3) is 16.7 Å². The average molecular weight is 443 g/mol. The second kappa shape index (κ2) is 9.24. The number of pyridine rings is 1. The van der Waals surface area contributed by atoms with Crippen molar-refractivity contribution in [3.8, 4) is 5.69 Å². The van der Waals surface area contributed by atoms with Crippen molar-refractivity contribution < 1.29 is 14.3 Å². The molecule has 0 aliphatic heterocycles. The number of carbonyl (C=O) groups is 2. The van der Waals surface area contributed by atoms with Crippen molar-refractivity contribution in [2.24, 2.45) is 0 Å². The fraction of sp³-hybridized carbons (Fsp3) is 0.231. The van der Waals surface area contributed by atoms with E-state index in [-0.39, 0.29) is 12.3 Å². The summed E-state index contributed by atoms with van der Waals surface area (Å²) in [6.07, 6.45) is 0.791. The van der Waals surface area contributed by atoms with Crippen LogP contribution in [-0.4, -0.2) is 33.8 Å². The van der Waals surface area contributed by atoms with Gasteiger partial charge < -0.3 is 10.1 Å². The number of carbonyl (C=O) groups excluding carboxylic acids is 2. The Balaban J connectivity index is 1.58. The maximum Gasteiger partial charge on any atom is 0.339 e. The van der Waals surface area contributed by atoms with Crippen molar-refractivity contribution in [3.63, 3.8) is 0 Å². The lowest BCUT2D eigenvalue weighted by Crippen LogP contribution is -2.16. The van der Waals surface area contributed by atoms with Crippen LogP contribution in [-0.2, 0) is 16.0 Å². The number of amides is 1. The van der Waals surface area contributed by atoms with E-state index < -0.39 is 5.97 Å². The van der Waals surface area contributed by atoms with Gasteiger partial charge in [-0.2, -0.15) is 5.10 Å². The quantitative estimate of drug-likeness (QED) is 0.437. The van der Waals surface area contributed by atoms with E-state index in [9.17, 15) is 9.59 Å². The van der Waals surface area contributed by atoms with Gasteiger partial charge in [-0.05, 0) is 62.6 Å². The van der Waals surface area contributed by atoms with Crippen LogP contribution in [0, 0.1) is 20.8 Å². The first-order valence-electron chi connectivity index (χ1n) is 10.8. The van der Waals surface area contributed by atoms with Gasteiger partial charge in [0.05, 0.1) is 29.7 Å². The summed E-state index contributed by atoms with van der Waals surface area (Å²) in [7, 11) is 1.32. The van der Waals surface area contributed by atoms with Gasteiger partial charge in [-0.25, -0.2) is 14.5 Å². The minimum Gasteiger partial charge on any atom is -0.465 e. The number of rotatable bonds is 6. The summed E-state index contributed by atoms with van der Waals surface area (Å²) >= 11 is 0. The Hall–Kier alpha value is -4.00. The van der Waals surface area contributed by atoms with Crippen molar-refractivity contribution in [1.82, 2.24) is 14.8 Å². The highest BCUT2D eigenvalue weighted by Gasteiger charge is 2.19. The van der Waals surface area contributed by atoms with Crippen molar-refractivity contribution in [1.29, 1.82) is 0 Å². The first kappa shape index (κ1) is 22.2. The van der Waals surface area contributed by atoms with Gasteiger partial charge >= 0.3 is 5.97 Å². The fourth-order valence-electron chi connectivity index (χ4n) is 4.15. The van der Waals surface area contributed by atoms with E-state index in [1.807, 2.05) is 48.9 Å². The molecule has 7 nitrogen and oxygen atoms in total. The molecule has 0 aliphatic rings. The standard InChI is InChI=1S/C26H26N4O3/c1-16-20(14-15-23(31)28-22-13-9-8-12-21(22)26(32)33-4)17(2)27-25-24(16)18(3)29-30(25)19-10-6-5-7-11-19/h5-13H,14-15H2,1-4H3,(H,28,31). The molecule has 0 spiro atoms. The third-order valence-corrected chi connectivity index (χ3v) is 5.78. The summed E-state index contributed by atoms with van der Waals surface area (Å²) in [6, 6.07) is 16.7. The molecule has 33 heavy (non-hydrogen) atoms. The number of methoxy groups -OCH3 is 1. The predicted molar refractivity (Wildman–Crippen MR) is 128 cm³/mol. The lowest BCUT2D eigenvalue weighted by molar-refractivity contribution is -0.116. The molecule has 0 unspecified atom stereocenters. The highest BCUT2D eigenvalue weighted by atomic mass is 16.5. The Bertz CT molecular complexity index is 1340. The topological polar surface area (TPSA) is 86.1 Å². The third-order valence-electron chi connectivity index (χ3n) is 5.78. The van der Waals surface area contributed by atoms with Crippen LogP contribution in [0.5, 0.6) is 0 Å². The highest BCUT2D eigenvalue weighted by molar-refractivity contribution is 6.01. The number of esters is 1. The van der Waals surface area contributed by atoms with Crippen molar-refractivity contribution in [2.75, 3.05) is 12.4 Å². The van der Waals surface area contributed by atoms with E-state index in [0.717, 1.165) is 39.2 Å². The largest absolute Gasteiger partial charge is 0.465 e. The third kappa shape index (κ3) is 4.35. The molecule has 0 fully saturated rings. The van der Waals surface area contributed by atoms with E-state index >= 15 is 0 Å². The van der Waals surface area contributed by atoms with E-state index in [4.69, 9.17) is 14.8 Å². The van der Waals surface area contributed by atoms with Crippen LogP contribution < -0.4 is 5.32 Å². The SMILES string of the molecule is COC(=O)c1ccccc1NC(=O)CCc1c(C)nc2c(c(C)nn2-c2ccccc2)c1C. The van der Waals surface area contributed by atoms with Crippen molar-refractivity contribution in [3.05, 3.63) is 82.7 Å². The van der Waals surface area contributed by atoms with Crippen LogP contribution in [0.4, 0.5) is 5.69 Å². The molecule has 1 amide bonds. The van der Waals surface area contributed by atoms with Crippen LogP contribution in [0.1, 0.15) is 39.3 Å². The molecular weight excluding hydrogens is 416 g/mol. The average Bonchev–Trinajstić information content (AvgIpc) is 3.15. The number of aryl methyl sites for hydroxylation is 3. The van der Waals surface area contributed by atoms with Gasteiger partial charge in [-0.15, -0.1) is 0 Å². The van der Waals surface area contributed by atoms with Crippen LogP contribution in [0.2, 0.25) is 0 Å². The number of fused-ring (bicyclic) bond motifs is 1. The lowest BCUT2D eigenvalue weighted by atomic mass is 9.99. The van der Waals surface area contributed by atoms with E-state index in [1.165, 1.54) is 7.11 Å². The van der Waals surface area contributed by atoms with Crippen LogP contribution in [0.3, 0.4) is 0 Å². The minimum absolute atomic E-state index is 0.179. The summed E-state index contributed by atoms with van der Waals surface area (Å²) in [5.74, 6) is -0.667. The Morgan fingerprint density at radius 1 is 0.970 bits per heavy atom. The number of nitrogens with one attached hydrogen (secondary N) is 1. The molecule has 4 rings (SSSR count). The van der Waals surface area contributed by atoms with Gasteiger partial charge in [0.25, 0.3) is 0 Å². The van der Waals surface area contributed by atoms with E-state index in [1.54, 1.807) is 24.3 Å². The minimum atomic E-state index is -0.488. The summed E-state index contributed by atoms with van der Waals surface area (Å²) in [6.45, 7) is 6.00. The van der Waals surface area contributed by atoms with E-state index in [0.29, 0.717) is 17.7 Å². The molecule has 168 valence electrons. The maximum absolute atomic E-state index is 12.7. The Morgan fingerprint density at radius 3 is 2.39 bits per heavy atom. The lowest BCUT2D eigenvalue weighted by Gasteiger charge is -2.13. The zero-order chi connectivity index (χ0) is 23.5. The smallest absolute Gasteiger partial charge is 0.339 e. The first-order valence-corrected chi connectivity index (χ1v) is 10.8. The molecule has 0 saturated heterocycles. The fourth-order valence-corrected chi connectivity index (χ4v) is 4.15.